The normalized spacial score (nSPS) is 23.7. The van der Waals surface area contributed by atoms with Crippen LogP contribution in [0.1, 0.15) is 24.8 Å². The topological polar surface area (TPSA) is 12.5 Å². The van der Waals surface area contributed by atoms with Crippen molar-refractivity contribution in [3.63, 3.8) is 0 Å². The number of hydrogen-bond acceptors (Lipinski definition) is 1. The van der Waals surface area contributed by atoms with Gasteiger partial charge in [0.25, 0.3) is 0 Å². The molecule has 0 bridgehead atoms. The Morgan fingerprint density at radius 3 is 2.60 bits per heavy atom. The molecule has 15 heavy (non-hydrogen) atoms. The second-order valence-electron chi connectivity index (χ2n) is 4.10. The number of rotatable bonds is 6. The van der Waals surface area contributed by atoms with Gasteiger partial charge in [-0.25, -0.2) is 0 Å². The summed E-state index contributed by atoms with van der Waals surface area (Å²) in [6, 6.07) is 10.6. The third-order valence-corrected chi connectivity index (χ3v) is 2.90. The van der Waals surface area contributed by atoms with Gasteiger partial charge in [-0.2, -0.15) is 0 Å². The van der Waals surface area contributed by atoms with E-state index in [1.165, 1.54) is 5.56 Å². The third-order valence-electron chi connectivity index (χ3n) is 2.90. The smallest absolute Gasteiger partial charge is 0.0845 e. The summed E-state index contributed by atoms with van der Waals surface area (Å²) >= 11 is 0. The number of allylic oxidation sites excluding steroid dienone is 1. The zero-order chi connectivity index (χ0) is 10.5. The fourth-order valence-corrected chi connectivity index (χ4v) is 1.92. The minimum absolute atomic E-state index is 0.505. The minimum Gasteiger partial charge on any atom is -0.370 e. The molecule has 2 atom stereocenters. The largest absolute Gasteiger partial charge is 0.370 e. The molecule has 2 rings (SSSR count). The highest BCUT2D eigenvalue weighted by Gasteiger charge is 2.36. The van der Waals surface area contributed by atoms with Crippen LogP contribution in [0.2, 0.25) is 0 Å². The van der Waals surface area contributed by atoms with Gasteiger partial charge < -0.3 is 4.74 Å². The molecule has 80 valence electrons. The first-order valence-corrected chi connectivity index (χ1v) is 5.70. The number of hydrogen-bond donors (Lipinski definition) is 0. The Kier molecular flexibility index (Phi) is 3.57. The Hall–Kier alpha value is -1.08. The highest BCUT2D eigenvalue weighted by atomic mass is 16.6. The molecule has 1 saturated heterocycles. The molecule has 0 N–H and O–H groups in total. The quantitative estimate of drug-likeness (QED) is 0.509. The standard InChI is InChI=1S/C14H18O/c1-2-3-9-13-14(15-13)11-10-12-7-5-4-6-8-12/h2,4-8,13-14H,1,3,9-11H2/t13-,14+/m0/s1. The Morgan fingerprint density at radius 2 is 1.87 bits per heavy atom. The van der Waals surface area contributed by atoms with Gasteiger partial charge in [0.1, 0.15) is 0 Å². The number of benzene rings is 1. The van der Waals surface area contributed by atoms with E-state index in [-0.39, 0.29) is 0 Å². The molecule has 1 aliphatic rings. The fraction of sp³-hybridized carbons (Fsp3) is 0.429. The number of ether oxygens (including phenoxy) is 1. The van der Waals surface area contributed by atoms with Crippen molar-refractivity contribution < 1.29 is 4.74 Å². The van der Waals surface area contributed by atoms with Crippen molar-refractivity contribution in [2.75, 3.05) is 0 Å². The van der Waals surface area contributed by atoms with Gasteiger partial charge in [-0.1, -0.05) is 36.4 Å². The van der Waals surface area contributed by atoms with Crippen molar-refractivity contribution >= 4 is 0 Å². The van der Waals surface area contributed by atoms with E-state index in [0.717, 1.165) is 25.7 Å². The molecule has 0 spiro atoms. The molecule has 0 aromatic heterocycles. The summed E-state index contributed by atoms with van der Waals surface area (Å²) in [6.45, 7) is 3.72. The van der Waals surface area contributed by atoms with Crippen molar-refractivity contribution in [1.29, 1.82) is 0 Å². The van der Waals surface area contributed by atoms with Crippen LogP contribution in [0.15, 0.2) is 43.0 Å². The second-order valence-corrected chi connectivity index (χ2v) is 4.10. The fourth-order valence-electron chi connectivity index (χ4n) is 1.92. The van der Waals surface area contributed by atoms with Gasteiger partial charge in [0.05, 0.1) is 12.2 Å². The monoisotopic (exact) mass is 202 g/mol. The molecule has 1 aromatic carbocycles. The zero-order valence-corrected chi connectivity index (χ0v) is 9.06. The molecule has 1 aliphatic heterocycles. The predicted octanol–water partition coefficient (Wildman–Crippen LogP) is 3.35. The van der Waals surface area contributed by atoms with Gasteiger partial charge in [-0.05, 0) is 31.2 Å². The summed E-state index contributed by atoms with van der Waals surface area (Å²) in [5.74, 6) is 0. The first kappa shape index (κ1) is 10.4. The molecule has 0 saturated carbocycles. The molecule has 0 radical (unpaired) electrons. The van der Waals surface area contributed by atoms with Crippen molar-refractivity contribution in [1.82, 2.24) is 0 Å². The summed E-state index contributed by atoms with van der Waals surface area (Å²) in [5.41, 5.74) is 1.41. The lowest BCUT2D eigenvalue weighted by molar-refractivity contribution is 0.357. The first-order chi connectivity index (χ1) is 7.40. The number of epoxide rings is 1. The summed E-state index contributed by atoms with van der Waals surface area (Å²) in [6.07, 6.45) is 7.49. The molecule has 1 fully saturated rings. The van der Waals surface area contributed by atoms with Crippen LogP contribution in [0.25, 0.3) is 0 Å². The van der Waals surface area contributed by atoms with E-state index >= 15 is 0 Å². The molecule has 0 amide bonds. The number of aryl methyl sites for hydroxylation is 1. The lowest BCUT2D eigenvalue weighted by atomic mass is 10.1. The van der Waals surface area contributed by atoms with Crippen LogP contribution in [0, 0.1) is 0 Å². The summed E-state index contributed by atoms with van der Waals surface area (Å²) in [7, 11) is 0. The predicted molar refractivity (Wildman–Crippen MR) is 62.9 cm³/mol. The highest BCUT2D eigenvalue weighted by molar-refractivity contribution is 5.15. The molecular formula is C14H18O. The second kappa shape index (κ2) is 5.13. The van der Waals surface area contributed by atoms with E-state index < -0.39 is 0 Å². The third kappa shape index (κ3) is 3.21. The molecule has 0 aliphatic carbocycles. The van der Waals surface area contributed by atoms with Crippen LogP contribution in [0.4, 0.5) is 0 Å². The van der Waals surface area contributed by atoms with Crippen LogP contribution >= 0.6 is 0 Å². The summed E-state index contributed by atoms with van der Waals surface area (Å²) < 4.78 is 5.59. The molecule has 1 aromatic rings. The van der Waals surface area contributed by atoms with Crippen LogP contribution < -0.4 is 0 Å². The Bertz CT molecular complexity index is 304. The Balaban J connectivity index is 1.66. The van der Waals surface area contributed by atoms with Crippen LogP contribution in [0.3, 0.4) is 0 Å². The minimum atomic E-state index is 0.505. The van der Waals surface area contributed by atoms with E-state index in [1.807, 2.05) is 6.08 Å². The van der Waals surface area contributed by atoms with Gasteiger partial charge in [-0.15, -0.1) is 6.58 Å². The average molecular weight is 202 g/mol. The molecule has 1 heteroatoms. The van der Waals surface area contributed by atoms with Crippen LogP contribution in [0.5, 0.6) is 0 Å². The maximum atomic E-state index is 5.59. The zero-order valence-electron chi connectivity index (χ0n) is 9.06. The van der Waals surface area contributed by atoms with Gasteiger partial charge in [0, 0.05) is 0 Å². The Morgan fingerprint density at radius 1 is 1.13 bits per heavy atom. The van der Waals surface area contributed by atoms with Crippen molar-refractivity contribution in [2.45, 2.75) is 37.9 Å². The van der Waals surface area contributed by atoms with E-state index in [4.69, 9.17) is 4.74 Å². The molecular weight excluding hydrogens is 184 g/mol. The van der Waals surface area contributed by atoms with E-state index in [2.05, 4.69) is 36.9 Å². The maximum absolute atomic E-state index is 5.59. The lowest BCUT2D eigenvalue weighted by Gasteiger charge is -1.97. The molecule has 0 unspecified atom stereocenters. The van der Waals surface area contributed by atoms with E-state index in [1.54, 1.807) is 0 Å². The van der Waals surface area contributed by atoms with Gasteiger partial charge >= 0.3 is 0 Å². The SMILES string of the molecule is C=CCC[C@@H]1O[C@@H]1CCc1ccccc1. The van der Waals surface area contributed by atoms with Crippen LogP contribution in [-0.2, 0) is 11.2 Å². The maximum Gasteiger partial charge on any atom is 0.0845 e. The van der Waals surface area contributed by atoms with Gasteiger partial charge in [-0.3, -0.25) is 0 Å². The van der Waals surface area contributed by atoms with Crippen molar-refractivity contribution in [3.8, 4) is 0 Å². The van der Waals surface area contributed by atoms with Crippen LogP contribution in [-0.4, -0.2) is 12.2 Å². The molecule has 1 nitrogen and oxygen atoms in total. The Labute approximate surface area is 91.8 Å². The average Bonchev–Trinajstić information content (AvgIpc) is 3.04. The van der Waals surface area contributed by atoms with E-state index in [9.17, 15) is 0 Å². The summed E-state index contributed by atoms with van der Waals surface area (Å²) in [5, 5.41) is 0. The van der Waals surface area contributed by atoms with Crippen molar-refractivity contribution in [3.05, 3.63) is 48.6 Å². The van der Waals surface area contributed by atoms with Gasteiger partial charge in [0.2, 0.25) is 0 Å². The summed E-state index contributed by atoms with van der Waals surface area (Å²) in [4.78, 5) is 0. The van der Waals surface area contributed by atoms with Gasteiger partial charge in [0.15, 0.2) is 0 Å². The van der Waals surface area contributed by atoms with Crippen molar-refractivity contribution in [2.24, 2.45) is 0 Å². The molecule has 1 heterocycles. The highest BCUT2D eigenvalue weighted by Crippen LogP contribution is 2.30. The lowest BCUT2D eigenvalue weighted by Crippen LogP contribution is -1.96. The first-order valence-electron chi connectivity index (χ1n) is 5.70. The van der Waals surface area contributed by atoms with E-state index in [0.29, 0.717) is 12.2 Å².